The van der Waals surface area contributed by atoms with E-state index in [1.807, 2.05) is 12.1 Å². The quantitative estimate of drug-likeness (QED) is 0.319. The van der Waals surface area contributed by atoms with Gasteiger partial charge in [-0.05, 0) is 72.2 Å². The number of nitrogens with zero attached hydrogens (tertiary/aromatic N) is 1. The molecule has 3 unspecified atom stereocenters. The molecule has 0 radical (unpaired) electrons. The Balaban J connectivity index is 1.25. The molecule has 174 valence electrons. The highest BCUT2D eigenvalue weighted by molar-refractivity contribution is 5.93. The van der Waals surface area contributed by atoms with Gasteiger partial charge in [0, 0.05) is 18.9 Å². The van der Waals surface area contributed by atoms with E-state index in [9.17, 15) is 4.79 Å². The van der Waals surface area contributed by atoms with E-state index in [-0.39, 0.29) is 12.8 Å². The Morgan fingerprint density at radius 3 is 2.79 bits per heavy atom. The summed E-state index contributed by atoms with van der Waals surface area (Å²) >= 11 is 0. The smallest absolute Gasteiger partial charge is 0.311 e. The van der Waals surface area contributed by atoms with Gasteiger partial charge in [-0.15, -0.1) is 0 Å². The fourth-order valence-electron chi connectivity index (χ4n) is 6.66. The van der Waals surface area contributed by atoms with Crippen molar-refractivity contribution in [3.63, 3.8) is 0 Å². The van der Waals surface area contributed by atoms with Crippen molar-refractivity contribution in [3.8, 4) is 34.3 Å². The molecular weight excluding hydrogens is 430 g/mol. The van der Waals surface area contributed by atoms with Crippen LogP contribution < -0.4 is 23.5 Å². The topological polar surface area (TPSA) is 57.9 Å². The normalized spacial score (nSPS) is 23.6. The third-order valence-corrected chi connectivity index (χ3v) is 8.33. The van der Waals surface area contributed by atoms with Gasteiger partial charge in [-0.1, -0.05) is 6.42 Å². The third-order valence-electron chi connectivity index (χ3n) is 8.33. The Morgan fingerprint density at radius 1 is 1.12 bits per heavy atom. The average Bonchev–Trinajstić information content (AvgIpc) is 3.59. The molecule has 0 amide bonds. The molecule has 2 aliphatic carbocycles. The van der Waals surface area contributed by atoms with Gasteiger partial charge in [0.1, 0.15) is 0 Å². The summed E-state index contributed by atoms with van der Waals surface area (Å²) in [5, 5.41) is 1.91. The summed E-state index contributed by atoms with van der Waals surface area (Å²) in [6.45, 7) is 1.11. The van der Waals surface area contributed by atoms with E-state index < -0.39 is 0 Å². The highest BCUT2D eigenvalue weighted by Gasteiger charge is 2.40. The largest absolute Gasteiger partial charge is 0.493 e. The fraction of sp³-hybridized carbons (Fsp3) is 0.429. The fourth-order valence-corrected chi connectivity index (χ4v) is 6.66. The number of rotatable bonds is 4. The lowest BCUT2D eigenvalue weighted by Gasteiger charge is -2.21. The molecule has 0 N–H and O–H groups in total. The maximum Gasteiger partial charge on any atom is 0.311 e. The molecule has 6 nitrogen and oxygen atoms in total. The van der Waals surface area contributed by atoms with Crippen LogP contribution in [0.3, 0.4) is 0 Å². The number of aryl methyl sites for hydroxylation is 2. The van der Waals surface area contributed by atoms with Crippen LogP contribution in [-0.4, -0.2) is 19.9 Å². The molecule has 3 heterocycles. The number of fused-ring (bicyclic) bond motifs is 7. The molecule has 2 saturated carbocycles. The number of benzene rings is 2. The lowest BCUT2D eigenvalue weighted by molar-refractivity contribution is -0.686. The van der Waals surface area contributed by atoms with Crippen molar-refractivity contribution in [3.05, 3.63) is 42.1 Å². The van der Waals surface area contributed by atoms with E-state index in [1.165, 1.54) is 31.2 Å². The van der Waals surface area contributed by atoms with Crippen LogP contribution in [0.2, 0.25) is 0 Å². The molecule has 2 aliphatic heterocycles. The Morgan fingerprint density at radius 2 is 2.00 bits per heavy atom. The Hall–Kier alpha value is -3.28. The highest BCUT2D eigenvalue weighted by atomic mass is 16.7. The summed E-state index contributed by atoms with van der Waals surface area (Å²) < 4.78 is 25.1. The minimum Gasteiger partial charge on any atom is -0.493 e. The van der Waals surface area contributed by atoms with Crippen LogP contribution in [0.25, 0.3) is 22.0 Å². The Bertz CT molecular complexity index is 1330. The van der Waals surface area contributed by atoms with Gasteiger partial charge in [0.25, 0.3) is 0 Å². The number of aromatic nitrogens is 1. The van der Waals surface area contributed by atoms with Gasteiger partial charge in [0.05, 0.1) is 18.1 Å². The molecule has 1 aromatic heterocycles. The summed E-state index contributed by atoms with van der Waals surface area (Å²) in [4.78, 5) is 13.0. The second kappa shape index (κ2) is 7.62. The molecule has 3 atom stereocenters. The van der Waals surface area contributed by atoms with Crippen molar-refractivity contribution in [2.45, 2.75) is 45.1 Å². The molecule has 0 saturated heterocycles. The number of ether oxygens (including phenoxy) is 4. The monoisotopic (exact) mass is 458 g/mol. The molecule has 4 aliphatic rings. The lowest BCUT2D eigenvalue weighted by atomic mass is 9.86. The number of carbonyl (C=O) groups excluding carboxylic acids is 1. The number of methoxy groups -OCH3 is 1. The first-order valence-corrected chi connectivity index (χ1v) is 12.3. The maximum absolute atomic E-state index is 13.0. The number of hydrogen-bond donors (Lipinski definition) is 0. The SMILES string of the molecule is COc1ccc2cc3[n+](cc2c1OC(=O)CC1CC2CCC1C2)CCc1cc2c(cc1-3)OCO2. The molecule has 3 aromatic rings. The van der Waals surface area contributed by atoms with Crippen LogP contribution >= 0.6 is 0 Å². The first kappa shape index (κ1) is 20.1. The zero-order valence-electron chi connectivity index (χ0n) is 19.3. The zero-order chi connectivity index (χ0) is 22.8. The molecule has 6 heteroatoms. The van der Waals surface area contributed by atoms with Crippen molar-refractivity contribution >= 4 is 16.7 Å². The second-order valence-electron chi connectivity index (χ2n) is 10.2. The van der Waals surface area contributed by atoms with E-state index in [0.29, 0.717) is 29.8 Å². The Labute approximate surface area is 198 Å². The first-order valence-electron chi connectivity index (χ1n) is 12.3. The van der Waals surface area contributed by atoms with Crippen molar-refractivity contribution < 1.29 is 28.3 Å². The highest BCUT2D eigenvalue weighted by Crippen LogP contribution is 2.50. The van der Waals surface area contributed by atoms with E-state index in [1.54, 1.807) is 7.11 Å². The van der Waals surface area contributed by atoms with Crippen LogP contribution in [0.5, 0.6) is 23.0 Å². The van der Waals surface area contributed by atoms with Crippen LogP contribution in [0.15, 0.2) is 36.5 Å². The zero-order valence-corrected chi connectivity index (χ0v) is 19.3. The predicted octanol–water partition coefficient (Wildman–Crippen LogP) is 4.82. The van der Waals surface area contributed by atoms with E-state index in [4.69, 9.17) is 18.9 Å². The maximum atomic E-state index is 13.0. The van der Waals surface area contributed by atoms with Crippen LogP contribution in [0.1, 0.15) is 37.7 Å². The minimum atomic E-state index is -0.149. The lowest BCUT2D eigenvalue weighted by Crippen LogP contribution is -2.40. The summed E-state index contributed by atoms with van der Waals surface area (Å²) in [7, 11) is 1.62. The van der Waals surface area contributed by atoms with Crippen LogP contribution in [-0.2, 0) is 17.8 Å². The summed E-state index contributed by atoms with van der Waals surface area (Å²) in [6.07, 6.45) is 8.57. The molecule has 2 aromatic carbocycles. The van der Waals surface area contributed by atoms with Gasteiger partial charge in [0.15, 0.2) is 35.7 Å². The van der Waals surface area contributed by atoms with Gasteiger partial charge in [-0.3, -0.25) is 4.79 Å². The molecule has 0 spiro atoms. The molecule has 2 fully saturated rings. The van der Waals surface area contributed by atoms with Gasteiger partial charge >= 0.3 is 5.97 Å². The standard InChI is InChI=1S/C28H28NO5/c1-31-24-5-4-18-10-23-21-13-26-25(32-15-33-26)11-19(21)6-7-29(23)14-22(18)28(24)34-27(30)12-20-9-16-2-3-17(20)8-16/h4-5,10-11,13-14,16-17,20H,2-3,6-9,12,15H2,1H3/q+1. The number of carbonyl (C=O) groups is 1. The molecule has 34 heavy (non-hydrogen) atoms. The molecule has 7 rings (SSSR count). The van der Waals surface area contributed by atoms with Gasteiger partial charge in [-0.2, -0.15) is 4.57 Å². The minimum absolute atomic E-state index is 0.149. The van der Waals surface area contributed by atoms with Crippen molar-refractivity contribution in [2.24, 2.45) is 17.8 Å². The van der Waals surface area contributed by atoms with Gasteiger partial charge in [-0.25, -0.2) is 0 Å². The first-order chi connectivity index (χ1) is 16.7. The van der Waals surface area contributed by atoms with E-state index >= 15 is 0 Å². The number of esters is 1. The predicted molar refractivity (Wildman–Crippen MR) is 125 cm³/mol. The number of pyridine rings is 1. The van der Waals surface area contributed by atoms with E-state index in [0.717, 1.165) is 52.4 Å². The van der Waals surface area contributed by atoms with Crippen LogP contribution in [0.4, 0.5) is 0 Å². The third kappa shape index (κ3) is 3.15. The second-order valence-corrected chi connectivity index (χ2v) is 10.2. The number of hydrogen-bond acceptors (Lipinski definition) is 5. The summed E-state index contributed by atoms with van der Waals surface area (Å²) in [5.41, 5.74) is 3.54. The average molecular weight is 459 g/mol. The van der Waals surface area contributed by atoms with Crippen molar-refractivity contribution in [2.75, 3.05) is 13.9 Å². The van der Waals surface area contributed by atoms with Gasteiger partial charge in [0.2, 0.25) is 12.5 Å². The van der Waals surface area contributed by atoms with Gasteiger partial charge < -0.3 is 18.9 Å². The molecular formula is C28H28NO5+. The summed E-state index contributed by atoms with van der Waals surface area (Å²) in [6, 6.07) is 10.3. The van der Waals surface area contributed by atoms with E-state index in [2.05, 4.69) is 29.0 Å². The van der Waals surface area contributed by atoms with Crippen molar-refractivity contribution in [1.29, 1.82) is 0 Å². The molecule has 2 bridgehead atoms. The Kier molecular flexibility index (Phi) is 4.51. The van der Waals surface area contributed by atoms with Crippen molar-refractivity contribution in [1.82, 2.24) is 0 Å². The summed E-state index contributed by atoms with van der Waals surface area (Å²) in [5.74, 6) is 4.57. The van der Waals surface area contributed by atoms with Crippen LogP contribution in [0, 0.1) is 17.8 Å².